The molecule has 0 atom stereocenters. The van der Waals surface area contributed by atoms with E-state index in [0.717, 1.165) is 0 Å². The molecule has 0 aliphatic rings. The zero-order valence-electron chi connectivity index (χ0n) is 28.5. The SMILES string of the molecule is c1ccc2cc(-c3c(-c4cc5ccccc5c5ccccc45)c(-c4cc5ccccc5c5ccccc45)cc4c3ccc3ccccc34)ccc2c1. The van der Waals surface area contributed by atoms with Gasteiger partial charge in [0.1, 0.15) is 0 Å². The number of benzene rings is 11. The summed E-state index contributed by atoms with van der Waals surface area (Å²) in [5.41, 5.74) is 7.49. The van der Waals surface area contributed by atoms with Crippen molar-refractivity contribution in [2.24, 2.45) is 0 Å². The van der Waals surface area contributed by atoms with Crippen molar-refractivity contribution in [2.75, 3.05) is 0 Å². The topological polar surface area (TPSA) is 0 Å². The molecule has 0 unspecified atom stereocenters. The summed E-state index contributed by atoms with van der Waals surface area (Å²) in [5.74, 6) is 0. The molecule has 0 heterocycles. The van der Waals surface area contributed by atoms with Gasteiger partial charge in [-0.15, -0.1) is 0 Å². The minimum Gasteiger partial charge on any atom is -0.0616 e. The zero-order chi connectivity index (χ0) is 34.2. The number of hydrogen-bond acceptors (Lipinski definition) is 0. The van der Waals surface area contributed by atoms with E-state index in [9.17, 15) is 0 Å². The Bertz CT molecular complexity index is 3240. The lowest BCUT2D eigenvalue weighted by atomic mass is 9.79. The van der Waals surface area contributed by atoms with Gasteiger partial charge in [-0.05, 0) is 133 Å². The van der Waals surface area contributed by atoms with Crippen LogP contribution in [0.15, 0.2) is 194 Å². The van der Waals surface area contributed by atoms with Gasteiger partial charge in [0, 0.05) is 0 Å². The molecule has 0 amide bonds. The molecule has 0 radical (unpaired) electrons. The Balaban J connectivity index is 1.42. The van der Waals surface area contributed by atoms with Crippen LogP contribution >= 0.6 is 0 Å². The molecule has 0 N–H and O–H groups in total. The van der Waals surface area contributed by atoms with Crippen LogP contribution in [-0.2, 0) is 0 Å². The molecule has 0 spiro atoms. The largest absolute Gasteiger partial charge is 0.0616 e. The fraction of sp³-hybridized carbons (Fsp3) is 0. The molecule has 11 aromatic rings. The average molecular weight is 657 g/mol. The van der Waals surface area contributed by atoms with Gasteiger partial charge >= 0.3 is 0 Å². The first-order chi connectivity index (χ1) is 25.8. The summed E-state index contributed by atoms with van der Waals surface area (Å²) < 4.78 is 0. The van der Waals surface area contributed by atoms with E-state index in [-0.39, 0.29) is 0 Å². The summed E-state index contributed by atoms with van der Waals surface area (Å²) in [6, 6.07) is 72.2. The molecule has 0 aromatic heterocycles. The Morgan fingerprint density at radius 3 is 1.31 bits per heavy atom. The number of hydrogen-bond donors (Lipinski definition) is 0. The van der Waals surface area contributed by atoms with Crippen LogP contribution in [0.2, 0.25) is 0 Å². The zero-order valence-corrected chi connectivity index (χ0v) is 28.5. The second kappa shape index (κ2) is 11.4. The number of rotatable bonds is 3. The first-order valence-electron chi connectivity index (χ1n) is 18.1. The maximum absolute atomic E-state index is 2.50. The highest BCUT2D eigenvalue weighted by Crippen LogP contribution is 2.51. The van der Waals surface area contributed by atoms with Gasteiger partial charge in [-0.3, -0.25) is 0 Å². The molecule has 0 saturated carbocycles. The predicted octanol–water partition coefficient (Wildman–Crippen LogP) is 14.8. The predicted molar refractivity (Wildman–Crippen MR) is 225 cm³/mol. The van der Waals surface area contributed by atoms with Crippen molar-refractivity contribution >= 4 is 75.4 Å². The molecule has 0 saturated heterocycles. The minimum atomic E-state index is 1.22. The lowest BCUT2D eigenvalue weighted by Crippen LogP contribution is -1.96. The van der Waals surface area contributed by atoms with Crippen molar-refractivity contribution in [2.45, 2.75) is 0 Å². The minimum absolute atomic E-state index is 1.22. The normalized spacial score (nSPS) is 11.8. The summed E-state index contributed by atoms with van der Waals surface area (Å²) in [6.45, 7) is 0. The van der Waals surface area contributed by atoms with Crippen LogP contribution in [0.4, 0.5) is 0 Å². The van der Waals surface area contributed by atoms with Gasteiger partial charge < -0.3 is 0 Å². The van der Waals surface area contributed by atoms with E-state index in [1.165, 1.54) is 109 Å². The first-order valence-corrected chi connectivity index (χ1v) is 18.1. The van der Waals surface area contributed by atoms with E-state index in [1.807, 2.05) is 0 Å². The Labute approximate surface area is 301 Å². The van der Waals surface area contributed by atoms with E-state index in [0.29, 0.717) is 0 Å². The summed E-state index contributed by atoms with van der Waals surface area (Å²) in [4.78, 5) is 0. The molecular formula is C52H32. The summed E-state index contributed by atoms with van der Waals surface area (Å²) in [7, 11) is 0. The highest BCUT2D eigenvalue weighted by atomic mass is 14.3. The molecule has 0 aliphatic carbocycles. The van der Waals surface area contributed by atoms with Crippen molar-refractivity contribution in [3.8, 4) is 33.4 Å². The van der Waals surface area contributed by atoms with E-state index in [4.69, 9.17) is 0 Å². The Hall–Kier alpha value is -6.76. The molecule has 0 nitrogen and oxygen atoms in total. The maximum Gasteiger partial charge on any atom is -0.00137 e. The van der Waals surface area contributed by atoms with Crippen LogP contribution in [0.1, 0.15) is 0 Å². The molecular weight excluding hydrogens is 625 g/mol. The van der Waals surface area contributed by atoms with E-state index in [1.54, 1.807) is 0 Å². The van der Waals surface area contributed by atoms with Crippen molar-refractivity contribution in [1.29, 1.82) is 0 Å². The maximum atomic E-state index is 2.50. The van der Waals surface area contributed by atoms with Gasteiger partial charge in [0.2, 0.25) is 0 Å². The Morgan fingerprint density at radius 1 is 0.192 bits per heavy atom. The molecule has 0 fully saturated rings. The van der Waals surface area contributed by atoms with E-state index >= 15 is 0 Å². The quantitative estimate of drug-likeness (QED) is 0.166. The van der Waals surface area contributed by atoms with Crippen LogP contribution in [0.5, 0.6) is 0 Å². The van der Waals surface area contributed by atoms with Crippen LogP contribution in [-0.4, -0.2) is 0 Å². The summed E-state index contributed by atoms with van der Waals surface area (Å²) in [6.07, 6.45) is 0. The highest BCUT2D eigenvalue weighted by Gasteiger charge is 2.23. The molecule has 0 aliphatic heterocycles. The van der Waals surface area contributed by atoms with Gasteiger partial charge in [0.15, 0.2) is 0 Å². The fourth-order valence-corrected chi connectivity index (χ4v) is 8.83. The van der Waals surface area contributed by atoms with Gasteiger partial charge in [-0.25, -0.2) is 0 Å². The average Bonchev–Trinajstić information content (AvgIpc) is 3.22. The molecule has 11 rings (SSSR count). The summed E-state index contributed by atoms with van der Waals surface area (Å²) >= 11 is 0. The molecule has 240 valence electrons. The second-order valence-electron chi connectivity index (χ2n) is 14.0. The van der Waals surface area contributed by atoms with Gasteiger partial charge in [0.05, 0.1) is 0 Å². The van der Waals surface area contributed by atoms with E-state index in [2.05, 4.69) is 194 Å². The van der Waals surface area contributed by atoms with Gasteiger partial charge in [-0.2, -0.15) is 0 Å². The molecule has 52 heavy (non-hydrogen) atoms. The fourth-order valence-electron chi connectivity index (χ4n) is 8.83. The third kappa shape index (κ3) is 4.35. The van der Waals surface area contributed by atoms with Crippen LogP contribution in [0, 0.1) is 0 Å². The summed E-state index contributed by atoms with van der Waals surface area (Å²) in [5, 5.41) is 17.6. The third-order valence-corrected chi connectivity index (χ3v) is 11.2. The molecule has 0 heteroatoms. The molecule has 0 bridgehead atoms. The Kier molecular flexibility index (Phi) is 6.35. The third-order valence-electron chi connectivity index (χ3n) is 11.2. The van der Waals surface area contributed by atoms with Gasteiger partial charge in [-0.1, -0.05) is 170 Å². The van der Waals surface area contributed by atoms with E-state index < -0.39 is 0 Å². The van der Waals surface area contributed by atoms with Crippen molar-refractivity contribution in [3.63, 3.8) is 0 Å². The highest BCUT2D eigenvalue weighted by molar-refractivity contribution is 6.25. The lowest BCUT2D eigenvalue weighted by molar-refractivity contribution is 1.64. The van der Waals surface area contributed by atoms with Crippen molar-refractivity contribution in [3.05, 3.63) is 194 Å². The van der Waals surface area contributed by atoms with Gasteiger partial charge in [0.25, 0.3) is 0 Å². The monoisotopic (exact) mass is 656 g/mol. The van der Waals surface area contributed by atoms with Crippen LogP contribution in [0.25, 0.3) is 109 Å². The molecule has 11 aromatic carbocycles. The Morgan fingerprint density at radius 2 is 0.654 bits per heavy atom. The first kappa shape index (κ1) is 29.0. The number of fused-ring (bicyclic) bond motifs is 10. The van der Waals surface area contributed by atoms with Crippen molar-refractivity contribution in [1.82, 2.24) is 0 Å². The van der Waals surface area contributed by atoms with Crippen LogP contribution in [0.3, 0.4) is 0 Å². The van der Waals surface area contributed by atoms with Crippen molar-refractivity contribution < 1.29 is 0 Å². The lowest BCUT2D eigenvalue weighted by Gasteiger charge is -2.23. The van der Waals surface area contributed by atoms with Crippen LogP contribution < -0.4 is 0 Å². The standard InChI is InChI=1S/C52H32/c1-2-15-35-29-38(26-25-33(35)13-1)51-46-28-27-34-14-3-6-18-39(34)48(46)32-50(47-30-36-16-4-7-19-40(36)42-21-9-11-23-44(42)47)52(51)49-31-37-17-5-8-20-41(37)43-22-10-12-24-45(43)49/h1-32H. The smallest absolute Gasteiger partial charge is 0.00137 e. The second-order valence-corrected chi connectivity index (χ2v) is 14.0.